The van der Waals surface area contributed by atoms with Crippen LogP contribution >= 0.6 is 11.3 Å². The molecular weight excluding hydrogens is 270 g/mol. The second kappa shape index (κ2) is 5.82. The van der Waals surface area contributed by atoms with E-state index in [0.717, 1.165) is 25.3 Å². The topological polar surface area (TPSA) is 36.4 Å². The molecule has 1 aliphatic heterocycles. The first-order chi connectivity index (χ1) is 9.65. The lowest BCUT2D eigenvalue weighted by atomic mass is 10.2. The van der Waals surface area contributed by atoms with Crippen LogP contribution in [0, 0.1) is 6.92 Å². The molecule has 0 N–H and O–H groups in total. The van der Waals surface area contributed by atoms with Gasteiger partial charge in [0.25, 0.3) is 0 Å². The first-order valence-electron chi connectivity index (χ1n) is 7.55. The summed E-state index contributed by atoms with van der Waals surface area (Å²) >= 11 is 1.75. The Bertz CT molecular complexity index is 483. The predicted molar refractivity (Wildman–Crippen MR) is 80.7 cm³/mol. The highest BCUT2D eigenvalue weighted by Gasteiger charge is 2.35. The van der Waals surface area contributed by atoms with Crippen molar-refractivity contribution in [3.63, 3.8) is 0 Å². The second-order valence-electron chi connectivity index (χ2n) is 6.03. The molecule has 20 heavy (non-hydrogen) atoms. The van der Waals surface area contributed by atoms with Crippen molar-refractivity contribution < 1.29 is 4.79 Å². The smallest absolute Gasteiger partial charge is 0.219 e. The highest BCUT2D eigenvalue weighted by Crippen LogP contribution is 2.30. The van der Waals surface area contributed by atoms with Crippen molar-refractivity contribution in [1.82, 2.24) is 14.8 Å². The fourth-order valence-electron chi connectivity index (χ4n) is 3.12. The number of aromatic nitrogens is 1. The van der Waals surface area contributed by atoms with Crippen LogP contribution in [0.25, 0.3) is 0 Å². The Kier molecular flexibility index (Phi) is 4.08. The number of aryl methyl sites for hydroxylation is 1. The zero-order chi connectivity index (χ0) is 14.1. The van der Waals surface area contributed by atoms with E-state index in [-0.39, 0.29) is 5.91 Å². The zero-order valence-corrected chi connectivity index (χ0v) is 13.2. The molecule has 2 heterocycles. The molecule has 1 amide bonds. The van der Waals surface area contributed by atoms with Crippen molar-refractivity contribution in [3.05, 3.63) is 16.1 Å². The third kappa shape index (κ3) is 3.04. The summed E-state index contributed by atoms with van der Waals surface area (Å²) in [7, 11) is 0. The maximum atomic E-state index is 11.8. The van der Waals surface area contributed by atoms with Gasteiger partial charge in [-0.25, -0.2) is 4.98 Å². The van der Waals surface area contributed by atoms with Crippen molar-refractivity contribution in [2.45, 2.75) is 58.2 Å². The lowest BCUT2D eigenvalue weighted by Gasteiger charge is -2.30. The van der Waals surface area contributed by atoms with Crippen LogP contribution in [-0.4, -0.2) is 45.9 Å². The van der Waals surface area contributed by atoms with Crippen molar-refractivity contribution in [2.24, 2.45) is 0 Å². The number of thiazole rings is 1. The van der Waals surface area contributed by atoms with Crippen molar-refractivity contribution in [1.29, 1.82) is 0 Å². The number of rotatable bonds is 5. The number of nitrogens with zero attached hydrogens (tertiary/aromatic N) is 3. The van der Waals surface area contributed by atoms with E-state index in [1.165, 1.54) is 30.6 Å². The van der Waals surface area contributed by atoms with Gasteiger partial charge in [0.05, 0.1) is 11.2 Å². The van der Waals surface area contributed by atoms with E-state index < -0.39 is 0 Å². The van der Waals surface area contributed by atoms with E-state index in [4.69, 9.17) is 0 Å². The molecule has 0 bridgehead atoms. The SMILES string of the molecule is CC(=O)N(C[C@@H]1CCCN1Cc1scnc1C)C1CC1. The third-order valence-corrected chi connectivity index (χ3v) is 5.41. The Labute approximate surface area is 124 Å². The summed E-state index contributed by atoms with van der Waals surface area (Å²) in [5.41, 5.74) is 3.09. The summed E-state index contributed by atoms with van der Waals surface area (Å²) in [6, 6.07) is 1.06. The van der Waals surface area contributed by atoms with Gasteiger partial charge in [-0.15, -0.1) is 11.3 Å². The van der Waals surface area contributed by atoms with E-state index in [9.17, 15) is 4.79 Å². The summed E-state index contributed by atoms with van der Waals surface area (Å²) in [5, 5.41) is 0. The lowest BCUT2D eigenvalue weighted by Crippen LogP contribution is -2.43. The van der Waals surface area contributed by atoms with Crippen molar-refractivity contribution in [3.8, 4) is 0 Å². The van der Waals surface area contributed by atoms with Crippen LogP contribution in [0.1, 0.15) is 43.2 Å². The normalized spacial score (nSPS) is 23.2. The number of hydrogen-bond acceptors (Lipinski definition) is 4. The van der Waals surface area contributed by atoms with Crippen LogP contribution in [0.15, 0.2) is 5.51 Å². The van der Waals surface area contributed by atoms with E-state index in [1.807, 2.05) is 5.51 Å². The number of carbonyl (C=O) groups is 1. The van der Waals surface area contributed by atoms with E-state index in [1.54, 1.807) is 18.3 Å². The molecular formula is C15H23N3OS. The molecule has 2 aliphatic rings. The standard InChI is InChI=1S/C15H23N3OS/c1-11-15(20-10-16-11)9-17-7-3-4-14(17)8-18(12(2)19)13-5-6-13/h10,13-14H,3-9H2,1-2H3/t14-/m0/s1. The fraction of sp³-hybridized carbons (Fsp3) is 0.733. The van der Waals surface area contributed by atoms with Gasteiger partial charge < -0.3 is 4.90 Å². The minimum Gasteiger partial charge on any atom is -0.338 e. The number of hydrogen-bond donors (Lipinski definition) is 0. The third-order valence-electron chi connectivity index (χ3n) is 4.49. The molecule has 0 unspecified atom stereocenters. The van der Waals surface area contributed by atoms with Gasteiger partial charge in [0, 0.05) is 37.0 Å². The summed E-state index contributed by atoms with van der Waals surface area (Å²) in [5.74, 6) is 0.244. The van der Waals surface area contributed by atoms with Gasteiger partial charge >= 0.3 is 0 Å². The monoisotopic (exact) mass is 293 g/mol. The number of amides is 1. The molecule has 3 rings (SSSR count). The van der Waals surface area contributed by atoms with Gasteiger partial charge in [-0.3, -0.25) is 9.69 Å². The average molecular weight is 293 g/mol. The second-order valence-corrected chi connectivity index (χ2v) is 6.97. The summed E-state index contributed by atoms with van der Waals surface area (Å²) in [6.07, 6.45) is 4.85. The van der Waals surface area contributed by atoms with Crippen LogP contribution in [0.3, 0.4) is 0 Å². The first-order valence-corrected chi connectivity index (χ1v) is 8.43. The molecule has 0 radical (unpaired) electrons. The Morgan fingerprint density at radius 2 is 2.30 bits per heavy atom. The van der Waals surface area contributed by atoms with Crippen LogP contribution in [0.5, 0.6) is 0 Å². The maximum absolute atomic E-state index is 11.8. The molecule has 5 heteroatoms. The zero-order valence-electron chi connectivity index (χ0n) is 12.3. The largest absolute Gasteiger partial charge is 0.338 e. The molecule has 1 aliphatic carbocycles. The fourth-order valence-corrected chi connectivity index (χ4v) is 3.92. The molecule has 110 valence electrons. The maximum Gasteiger partial charge on any atom is 0.219 e. The number of likely N-dealkylation sites (tertiary alicyclic amines) is 1. The Morgan fingerprint density at radius 1 is 1.50 bits per heavy atom. The molecule has 2 fully saturated rings. The Morgan fingerprint density at radius 3 is 2.90 bits per heavy atom. The van der Waals surface area contributed by atoms with Gasteiger partial charge in [0.1, 0.15) is 0 Å². The van der Waals surface area contributed by atoms with Crippen molar-refractivity contribution in [2.75, 3.05) is 13.1 Å². The molecule has 4 nitrogen and oxygen atoms in total. The quantitative estimate of drug-likeness (QED) is 0.836. The minimum absolute atomic E-state index is 0.244. The summed E-state index contributed by atoms with van der Waals surface area (Å²) in [6.45, 7) is 6.86. The molecule has 1 atom stereocenters. The molecule has 0 aromatic carbocycles. The van der Waals surface area contributed by atoms with Crippen LogP contribution < -0.4 is 0 Å². The van der Waals surface area contributed by atoms with Gasteiger partial charge in [0.15, 0.2) is 0 Å². The predicted octanol–water partition coefficient (Wildman–Crippen LogP) is 2.43. The van der Waals surface area contributed by atoms with E-state index in [0.29, 0.717) is 12.1 Å². The minimum atomic E-state index is 0.244. The van der Waals surface area contributed by atoms with Crippen LogP contribution in [0.4, 0.5) is 0 Å². The summed E-state index contributed by atoms with van der Waals surface area (Å²) < 4.78 is 0. The summed E-state index contributed by atoms with van der Waals surface area (Å²) in [4.78, 5) is 22.1. The highest BCUT2D eigenvalue weighted by molar-refractivity contribution is 7.09. The highest BCUT2D eigenvalue weighted by atomic mass is 32.1. The average Bonchev–Trinajstić information content (AvgIpc) is 3.03. The van der Waals surface area contributed by atoms with Gasteiger partial charge in [-0.1, -0.05) is 0 Å². The van der Waals surface area contributed by atoms with Crippen LogP contribution in [-0.2, 0) is 11.3 Å². The lowest BCUT2D eigenvalue weighted by molar-refractivity contribution is -0.130. The van der Waals surface area contributed by atoms with E-state index >= 15 is 0 Å². The molecule has 1 saturated heterocycles. The number of carbonyl (C=O) groups excluding carboxylic acids is 1. The van der Waals surface area contributed by atoms with E-state index in [2.05, 4.69) is 21.7 Å². The van der Waals surface area contributed by atoms with Gasteiger partial charge in [0.2, 0.25) is 5.91 Å². The molecule has 0 spiro atoms. The first kappa shape index (κ1) is 14.0. The Hall–Kier alpha value is -0.940. The Balaban J connectivity index is 1.63. The van der Waals surface area contributed by atoms with Gasteiger partial charge in [-0.2, -0.15) is 0 Å². The van der Waals surface area contributed by atoms with Gasteiger partial charge in [-0.05, 0) is 39.2 Å². The molecule has 1 saturated carbocycles. The van der Waals surface area contributed by atoms with Crippen molar-refractivity contribution >= 4 is 17.2 Å². The molecule has 1 aromatic rings. The molecule has 1 aromatic heterocycles. The van der Waals surface area contributed by atoms with Crippen LogP contribution in [0.2, 0.25) is 0 Å².